The minimum Gasteiger partial charge on any atom is -0.342 e. The Morgan fingerprint density at radius 3 is 2.67 bits per heavy atom. The molecule has 0 heterocycles. The maximum absolute atomic E-state index is 13.1. The second-order valence-corrected chi connectivity index (χ2v) is 7.37. The van der Waals surface area contributed by atoms with Crippen LogP contribution >= 0.6 is 0 Å². The molecule has 3 aromatic rings. The number of carbonyl (C=O) groups excluding carboxylic acids is 1. The summed E-state index contributed by atoms with van der Waals surface area (Å²) in [6.07, 6.45) is 3.05. The first kappa shape index (κ1) is 17.3. The zero-order chi connectivity index (χ0) is 18.9. The predicted molar refractivity (Wildman–Crippen MR) is 107 cm³/mol. The number of nitrogens with one attached hydrogen (secondary N) is 1. The lowest BCUT2D eigenvalue weighted by atomic mass is 9.96. The van der Waals surface area contributed by atoms with Gasteiger partial charge in [-0.2, -0.15) is 5.26 Å². The number of benzene rings is 3. The van der Waals surface area contributed by atoms with Crippen LogP contribution in [0.1, 0.15) is 46.3 Å². The van der Waals surface area contributed by atoms with Crippen molar-refractivity contribution in [2.45, 2.75) is 38.1 Å². The standard InChI is InChI=1S/C24H22N2O/c1-17-11-12-18(6-5-15-25)16-21(17)23(27)26-24(13-14-24)22-10-4-8-19-7-2-3-9-20(19)22/h2-4,7-12,16H,5-6,13-14H2,1H3,(H,26,27). The van der Waals surface area contributed by atoms with Crippen LogP contribution in [-0.4, -0.2) is 5.91 Å². The van der Waals surface area contributed by atoms with Gasteiger partial charge in [-0.25, -0.2) is 0 Å². The van der Waals surface area contributed by atoms with E-state index in [0.717, 1.165) is 24.0 Å². The molecule has 0 radical (unpaired) electrons. The summed E-state index contributed by atoms with van der Waals surface area (Å²) in [5, 5.41) is 14.5. The summed E-state index contributed by atoms with van der Waals surface area (Å²) in [4.78, 5) is 13.1. The SMILES string of the molecule is Cc1ccc(CCC#N)cc1C(=O)NC1(c2cccc3ccccc23)CC1. The smallest absolute Gasteiger partial charge is 0.252 e. The quantitative estimate of drug-likeness (QED) is 0.699. The Balaban J connectivity index is 1.64. The lowest BCUT2D eigenvalue weighted by Gasteiger charge is -2.21. The Morgan fingerprint density at radius 2 is 1.89 bits per heavy atom. The van der Waals surface area contributed by atoms with Gasteiger partial charge in [-0.3, -0.25) is 4.79 Å². The highest BCUT2D eigenvalue weighted by Gasteiger charge is 2.46. The molecule has 4 rings (SSSR count). The van der Waals surface area contributed by atoms with Crippen LogP contribution in [0.2, 0.25) is 0 Å². The highest BCUT2D eigenvalue weighted by atomic mass is 16.1. The Morgan fingerprint density at radius 1 is 1.11 bits per heavy atom. The summed E-state index contributed by atoms with van der Waals surface area (Å²) in [5.74, 6) is -0.0308. The second kappa shape index (κ2) is 6.89. The topological polar surface area (TPSA) is 52.9 Å². The highest BCUT2D eigenvalue weighted by Crippen LogP contribution is 2.48. The van der Waals surface area contributed by atoms with Gasteiger partial charge in [0, 0.05) is 12.0 Å². The van der Waals surface area contributed by atoms with E-state index in [4.69, 9.17) is 5.26 Å². The van der Waals surface area contributed by atoms with Crippen molar-refractivity contribution >= 4 is 16.7 Å². The average Bonchev–Trinajstić information content (AvgIpc) is 3.47. The molecule has 1 amide bonds. The number of hydrogen-bond donors (Lipinski definition) is 1. The molecule has 1 aliphatic rings. The van der Waals surface area contributed by atoms with E-state index in [0.29, 0.717) is 18.4 Å². The lowest BCUT2D eigenvalue weighted by molar-refractivity contribution is 0.0930. The molecule has 3 heteroatoms. The summed E-state index contributed by atoms with van der Waals surface area (Å²) in [6.45, 7) is 1.96. The summed E-state index contributed by atoms with van der Waals surface area (Å²) in [5.41, 5.74) is 3.63. The number of nitriles is 1. The molecular weight excluding hydrogens is 332 g/mol. The summed E-state index contributed by atoms with van der Waals surface area (Å²) in [7, 11) is 0. The van der Waals surface area contributed by atoms with Gasteiger partial charge in [0.25, 0.3) is 5.91 Å². The van der Waals surface area contributed by atoms with Crippen molar-refractivity contribution in [2.24, 2.45) is 0 Å². The van der Waals surface area contributed by atoms with Crippen LogP contribution in [0.15, 0.2) is 60.7 Å². The van der Waals surface area contributed by atoms with Crippen molar-refractivity contribution in [3.05, 3.63) is 82.9 Å². The molecule has 3 nitrogen and oxygen atoms in total. The molecule has 1 aliphatic carbocycles. The first-order chi connectivity index (χ1) is 13.1. The van der Waals surface area contributed by atoms with E-state index in [9.17, 15) is 4.79 Å². The van der Waals surface area contributed by atoms with Gasteiger partial charge in [-0.1, -0.05) is 54.6 Å². The summed E-state index contributed by atoms with van der Waals surface area (Å²) in [6, 6.07) is 22.7. The van der Waals surface area contributed by atoms with Crippen LogP contribution in [0, 0.1) is 18.3 Å². The number of aryl methyl sites for hydroxylation is 2. The molecule has 0 unspecified atom stereocenters. The molecule has 0 atom stereocenters. The molecule has 1 N–H and O–H groups in total. The van der Waals surface area contributed by atoms with Gasteiger partial charge >= 0.3 is 0 Å². The molecule has 0 aromatic heterocycles. The van der Waals surface area contributed by atoms with Crippen molar-refractivity contribution in [2.75, 3.05) is 0 Å². The minimum absolute atomic E-state index is 0.0308. The normalized spacial score (nSPS) is 14.5. The third-order valence-electron chi connectivity index (χ3n) is 5.48. The number of amides is 1. The minimum atomic E-state index is -0.271. The first-order valence-electron chi connectivity index (χ1n) is 9.40. The third kappa shape index (κ3) is 3.31. The van der Waals surface area contributed by atoms with E-state index in [1.807, 2.05) is 37.3 Å². The molecule has 0 aliphatic heterocycles. The second-order valence-electron chi connectivity index (χ2n) is 7.37. The van der Waals surface area contributed by atoms with Crippen LogP contribution in [0.3, 0.4) is 0 Å². The van der Waals surface area contributed by atoms with Crippen molar-refractivity contribution < 1.29 is 4.79 Å². The number of carbonyl (C=O) groups is 1. The van der Waals surface area contributed by atoms with E-state index in [1.54, 1.807) is 0 Å². The van der Waals surface area contributed by atoms with Gasteiger partial charge < -0.3 is 5.32 Å². The predicted octanol–water partition coefficient (Wildman–Crippen LogP) is 5.02. The number of nitrogens with zero attached hydrogens (tertiary/aromatic N) is 1. The monoisotopic (exact) mass is 354 g/mol. The first-order valence-corrected chi connectivity index (χ1v) is 9.40. The number of hydrogen-bond acceptors (Lipinski definition) is 2. The Hall–Kier alpha value is -3.12. The molecule has 0 saturated heterocycles. The fourth-order valence-electron chi connectivity index (χ4n) is 3.78. The Labute approximate surface area is 159 Å². The third-order valence-corrected chi connectivity index (χ3v) is 5.48. The van der Waals surface area contributed by atoms with Crippen LogP contribution in [0.4, 0.5) is 0 Å². The largest absolute Gasteiger partial charge is 0.342 e. The van der Waals surface area contributed by atoms with E-state index in [1.165, 1.54) is 16.3 Å². The molecule has 0 spiro atoms. The summed E-state index contributed by atoms with van der Waals surface area (Å²) >= 11 is 0. The van der Waals surface area contributed by atoms with E-state index >= 15 is 0 Å². The molecule has 0 bridgehead atoms. The van der Waals surface area contributed by atoms with Gasteiger partial charge in [0.2, 0.25) is 0 Å². The van der Waals surface area contributed by atoms with Crippen molar-refractivity contribution in [3.63, 3.8) is 0 Å². The molecule has 134 valence electrons. The van der Waals surface area contributed by atoms with Gasteiger partial charge in [0.05, 0.1) is 11.6 Å². The van der Waals surface area contributed by atoms with E-state index in [-0.39, 0.29) is 11.4 Å². The van der Waals surface area contributed by atoms with Crippen molar-refractivity contribution in [3.8, 4) is 6.07 Å². The Bertz CT molecular complexity index is 1050. The van der Waals surface area contributed by atoms with Crippen molar-refractivity contribution in [1.29, 1.82) is 5.26 Å². The number of rotatable bonds is 5. The average molecular weight is 354 g/mol. The molecule has 3 aromatic carbocycles. The van der Waals surface area contributed by atoms with Gasteiger partial charge in [0.1, 0.15) is 0 Å². The van der Waals surface area contributed by atoms with Gasteiger partial charge in [-0.15, -0.1) is 0 Å². The molecule has 1 saturated carbocycles. The van der Waals surface area contributed by atoms with Crippen LogP contribution < -0.4 is 5.32 Å². The lowest BCUT2D eigenvalue weighted by Crippen LogP contribution is -2.35. The maximum Gasteiger partial charge on any atom is 0.252 e. The van der Waals surface area contributed by atoms with Crippen LogP contribution in [-0.2, 0) is 12.0 Å². The van der Waals surface area contributed by atoms with Crippen molar-refractivity contribution in [1.82, 2.24) is 5.32 Å². The number of fused-ring (bicyclic) bond motifs is 1. The van der Waals surface area contributed by atoms with Gasteiger partial charge in [0.15, 0.2) is 0 Å². The zero-order valence-corrected chi connectivity index (χ0v) is 15.5. The maximum atomic E-state index is 13.1. The van der Waals surface area contributed by atoms with Crippen LogP contribution in [0.25, 0.3) is 10.8 Å². The Kier molecular flexibility index (Phi) is 4.41. The fourth-order valence-corrected chi connectivity index (χ4v) is 3.78. The summed E-state index contributed by atoms with van der Waals surface area (Å²) < 4.78 is 0. The molecular formula is C24H22N2O. The fraction of sp³-hybridized carbons (Fsp3) is 0.250. The highest BCUT2D eigenvalue weighted by molar-refractivity contribution is 5.97. The van der Waals surface area contributed by atoms with E-state index < -0.39 is 0 Å². The van der Waals surface area contributed by atoms with Gasteiger partial charge in [-0.05, 0) is 59.7 Å². The molecule has 27 heavy (non-hydrogen) atoms. The van der Waals surface area contributed by atoms with E-state index in [2.05, 4.69) is 41.7 Å². The zero-order valence-electron chi connectivity index (χ0n) is 15.5. The molecule has 1 fully saturated rings. The van der Waals surface area contributed by atoms with Crippen LogP contribution in [0.5, 0.6) is 0 Å².